The molecule has 0 amide bonds. The molecule has 1 N–H and O–H groups in total. The number of benzene rings is 1. The molecule has 0 saturated carbocycles. The molecule has 0 unspecified atom stereocenters. The van der Waals surface area contributed by atoms with E-state index in [4.69, 9.17) is 0 Å². The Bertz CT molecular complexity index is 819. The molecule has 0 radical (unpaired) electrons. The second kappa shape index (κ2) is 5.72. The summed E-state index contributed by atoms with van der Waals surface area (Å²) in [7, 11) is -3.79. The van der Waals surface area contributed by atoms with Gasteiger partial charge in [-0.3, -0.25) is 0 Å². The van der Waals surface area contributed by atoms with Crippen molar-refractivity contribution in [1.29, 1.82) is 5.26 Å². The molecule has 1 aromatic heterocycles. The zero-order valence-corrected chi connectivity index (χ0v) is 13.1. The molecule has 1 heterocycles. The Kier molecular flexibility index (Phi) is 4.16. The number of hydrogen-bond acceptors (Lipinski definition) is 5. The minimum absolute atomic E-state index is 0.118. The number of rotatable bonds is 3. The second-order valence-corrected chi connectivity index (χ2v) is 7.28. The normalized spacial score (nSPS) is 12.1. The van der Waals surface area contributed by atoms with Crippen LogP contribution < -0.4 is 0 Å². The number of allylic oxidation sites excluding steroid dienone is 1. The second-order valence-electron chi connectivity index (χ2n) is 4.59. The first-order valence-corrected chi connectivity index (χ1v) is 8.48. The van der Waals surface area contributed by atoms with Gasteiger partial charge in [0.2, 0.25) is 9.84 Å². The molecule has 1 aromatic carbocycles. The van der Waals surface area contributed by atoms with Crippen LogP contribution in [0.3, 0.4) is 0 Å². The van der Waals surface area contributed by atoms with Crippen LogP contribution >= 0.6 is 11.3 Å². The third-order valence-corrected chi connectivity index (χ3v) is 5.51. The third-order valence-electron chi connectivity index (χ3n) is 3.02. The zero-order valence-electron chi connectivity index (χ0n) is 11.5. The van der Waals surface area contributed by atoms with Gasteiger partial charge in [-0.15, -0.1) is 0 Å². The van der Waals surface area contributed by atoms with Crippen molar-refractivity contribution in [3.05, 3.63) is 50.6 Å². The number of nitrogens with zero attached hydrogens (tertiary/aromatic N) is 1. The highest BCUT2D eigenvalue weighted by Gasteiger charge is 2.21. The maximum absolute atomic E-state index is 12.3. The van der Waals surface area contributed by atoms with Gasteiger partial charge in [-0.2, -0.15) is 16.6 Å². The van der Waals surface area contributed by atoms with Crippen molar-refractivity contribution in [3.63, 3.8) is 0 Å². The molecular formula is C15H13NO3S2. The molecule has 0 aliphatic rings. The molecule has 2 rings (SSSR count). The first kappa shape index (κ1) is 15.3. The van der Waals surface area contributed by atoms with Crippen molar-refractivity contribution in [2.75, 3.05) is 0 Å². The Labute approximate surface area is 127 Å². The van der Waals surface area contributed by atoms with Crippen LogP contribution in [0.1, 0.15) is 16.7 Å². The van der Waals surface area contributed by atoms with Gasteiger partial charge in [0.25, 0.3) is 0 Å². The average molecular weight is 319 g/mol. The summed E-state index contributed by atoms with van der Waals surface area (Å²) in [4.78, 5) is -0.196. The minimum Gasteiger partial charge on any atom is -0.507 e. The molecule has 0 atom stereocenters. The molecule has 0 bridgehead atoms. The number of thiophene rings is 1. The Morgan fingerprint density at radius 3 is 2.43 bits per heavy atom. The molecule has 4 nitrogen and oxygen atoms in total. The van der Waals surface area contributed by atoms with Gasteiger partial charge in [-0.1, -0.05) is 0 Å². The fraction of sp³-hybridized carbons (Fsp3) is 0.133. The predicted octanol–water partition coefficient (Wildman–Crippen LogP) is 3.41. The maximum atomic E-state index is 12.3. The highest BCUT2D eigenvalue weighted by molar-refractivity contribution is 7.95. The van der Waals surface area contributed by atoms with E-state index in [1.54, 1.807) is 37.4 Å². The minimum atomic E-state index is -3.79. The highest BCUT2D eigenvalue weighted by Crippen LogP contribution is 2.27. The zero-order chi connectivity index (χ0) is 15.6. The fourth-order valence-corrected chi connectivity index (χ4v) is 4.11. The van der Waals surface area contributed by atoms with Crippen molar-refractivity contribution in [1.82, 2.24) is 0 Å². The summed E-state index contributed by atoms with van der Waals surface area (Å²) in [5.41, 5.74) is 1.83. The molecule has 108 valence electrons. The monoisotopic (exact) mass is 319 g/mol. The van der Waals surface area contributed by atoms with E-state index in [1.165, 1.54) is 28.9 Å². The van der Waals surface area contributed by atoms with Crippen molar-refractivity contribution in [2.45, 2.75) is 18.7 Å². The largest absolute Gasteiger partial charge is 0.507 e. The number of hydrogen-bond donors (Lipinski definition) is 1. The molecule has 0 fully saturated rings. The number of aromatic hydroxyl groups is 1. The standard InChI is InChI=1S/C15H13NO3S2/c1-10-5-12(6-11(2)15(10)17)7-14(8-16)21(18,19)13-3-4-20-9-13/h3-7,9,17H,1-2H3/b14-7+. The van der Waals surface area contributed by atoms with Crippen LogP contribution in [-0.2, 0) is 9.84 Å². The molecule has 0 spiro atoms. The summed E-state index contributed by atoms with van der Waals surface area (Å²) in [6.07, 6.45) is 1.33. The smallest absolute Gasteiger partial charge is 0.217 e. The molecule has 6 heteroatoms. The fourth-order valence-electron chi connectivity index (χ4n) is 1.93. The average Bonchev–Trinajstić information content (AvgIpc) is 2.96. The van der Waals surface area contributed by atoms with E-state index in [0.29, 0.717) is 16.7 Å². The van der Waals surface area contributed by atoms with Crippen molar-refractivity contribution < 1.29 is 13.5 Å². The van der Waals surface area contributed by atoms with Crippen LogP contribution in [0.4, 0.5) is 0 Å². The first-order valence-electron chi connectivity index (χ1n) is 6.05. The lowest BCUT2D eigenvalue weighted by Gasteiger charge is -2.06. The van der Waals surface area contributed by atoms with E-state index in [9.17, 15) is 18.8 Å². The molecule has 21 heavy (non-hydrogen) atoms. The van der Waals surface area contributed by atoms with E-state index < -0.39 is 9.84 Å². The third kappa shape index (κ3) is 2.99. The van der Waals surface area contributed by atoms with Gasteiger partial charge in [0.05, 0.1) is 4.90 Å². The van der Waals surface area contributed by atoms with Gasteiger partial charge in [0.1, 0.15) is 16.7 Å². The first-order chi connectivity index (χ1) is 9.86. The molecule has 0 saturated heterocycles. The predicted molar refractivity (Wildman–Crippen MR) is 82.7 cm³/mol. The molecular weight excluding hydrogens is 306 g/mol. The molecule has 0 aliphatic carbocycles. The van der Waals surface area contributed by atoms with Crippen LogP contribution in [-0.4, -0.2) is 13.5 Å². The van der Waals surface area contributed by atoms with Gasteiger partial charge in [0, 0.05) is 5.38 Å². The van der Waals surface area contributed by atoms with Gasteiger partial charge < -0.3 is 5.11 Å². The number of phenols is 1. The van der Waals surface area contributed by atoms with Gasteiger partial charge in [-0.25, -0.2) is 8.42 Å². The van der Waals surface area contributed by atoms with Gasteiger partial charge in [-0.05, 0) is 60.2 Å². The summed E-state index contributed by atoms with van der Waals surface area (Å²) >= 11 is 1.26. The lowest BCUT2D eigenvalue weighted by Crippen LogP contribution is -2.02. The maximum Gasteiger partial charge on any atom is 0.217 e. The Hall–Kier alpha value is -2.10. The van der Waals surface area contributed by atoms with Crippen LogP contribution in [0.25, 0.3) is 6.08 Å². The quantitative estimate of drug-likeness (QED) is 0.879. The highest BCUT2D eigenvalue weighted by atomic mass is 32.2. The summed E-state index contributed by atoms with van der Waals surface area (Å²) in [6.45, 7) is 3.44. The van der Waals surface area contributed by atoms with Crippen molar-refractivity contribution >= 4 is 27.3 Å². The summed E-state index contributed by atoms with van der Waals surface area (Å²) < 4.78 is 24.7. The lowest BCUT2D eigenvalue weighted by molar-refractivity contribution is 0.467. The van der Waals surface area contributed by atoms with E-state index in [-0.39, 0.29) is 15.6 Å². The summed E-state index contributed by atoms with van der Waals surface area (Å²) in [5.74, 6) is 0.173. The Balaban J connectivity index is 2.55. The van der Waals surface area contributed by atoms with Crippen molar-refractivity contribution in [2.24, 2.45) is 0 Å². The van der Waals surface area contributed by atoms with Crippen LogP contribution in [0.2, 0.25) is 0 Å². The van der Waals surface area contributed by atoms with E-state index in [2.05, 4.69) is 0 Å². The number of aryl methyl sites for hydroxylation is 2. The molecule has 2 aromatic rings. The Morgan fingerprint density at radius 2 is 1.95 bits per heavy atom. The van der Waals surface area contributed by atoms with E-state index in [0.717, 1.165) is 0 Å². The topological polar surface area (TPSA) is 78.2 Å². The van der Waals surface area contributed by atoms with Gasteiger partial charge >= 0.3 is 0 Å². The van der Waals surface area contributed by atoms with Crippen LogP contribution in [0, 0.1) is 25.2 Å². The number of nitriles is 1. The van der Waals surface area contributed by atoms with E-state index in [1.807, 2.05) is 0 Å². The summed E-state index contributed by atoms with van der Waals surface area (Å²) in [5, 5.41) is 22.0. The number of sulfone groups is 1. The SMILES string of the molecule is Cc1cc(/C=C(\C#N)S(=O)(=O)c2ccsc2)cc(C)c1O. The van der Waals surface area contributed by atoms with Gasteiger partial charge in [0.15, 0.2) is 0 Å². The van der Waals surface area contributed by atoms with E-state index >= 15 is 0 Å². The van der Waals surface area contributed by atoms with Crippen molar-refractivity contribution in [3.8, 4) is 11.8 Å². The van der Waals surface area contributed by atoms with Crippen LogP contribution in [0.15, 0.2) is 38.8 Å². The summed E-state index contributed by atoms with van der Waals surface area (Å²) in [6, 6.07) is 6.50. The molecule has 0 aliphatic heterocycles. The number of phenolic OH excluding ortho intramolecular Hbond substituents is 1. The lowest BCUT2D eigenvalue weighted by atomic mass is 10.1. The van der Waals surface area contributed by atoms with Crippen LogP contribution in [0.5, 0.6) is 5.75 Å². The Morgan fingerprint density at radius 1 is 1.33 bits per heavy atom.